The highest BCUT2D eigenvalue weighted by atomic mass is 35.5. The minimum absolute atomic E-state index is 0.0142. The first-order chi connectivity index (χ1) is 19.9. The van der Waals surface area contributed by atoms with Gasteiger partial charge in [-0.3, -0.25) is 4.79 Å². The van der Waals surface area contributed by atoms with Crippen LogP contribution in [0.15, 0.2) is 60.7 Å². The predicted molar refractivity (Wildman–Crippen MR) is 156 cm³/mol. The standard InChI is InChI=1S/C30H27Cl2F2N7O/c1-29(2,3)14-23-30(15-35,20-12-9-17(31)13-22(20)33)24(19-5-4-6-21(32)25(19)34)26(37-23)28(42)36-18-10-7-16(8-11-18)27-38-40-41-39-27/h4-13,23-24,26,37H,14H2,1-3H3,(H,36,42)(H,38,39,40,41). The quantitative estimate of drug-likeness (QED) is 0.232. The molecule has 1 fully saturated rings. The molecule has 5 rings (SSSR count). The van der Waals surface area contributed by atoms with Gasteiger partial charge in [0.1, 0.15) is 17.0 Å². The van der Waals surface area contributed by atoms with Crippen LogP contribution in [-0.4, -0.2) is 38.6 Å². The highest BCUT2D eigenvalue weighted by Crippen LogP contribution is 2.52. The Hall–Kier alpha value is -3.91. The van der Waals surface area contributed by atoms with Gasteiger partial charge in [0.05, 0.1) is 17.1 Å². The van der Waals surface area contributed by atoms with Crippen LogP contribution in [-0.2, 0) is 10.2 Å². The molecule has 1 aliphatic rings. The average Bonchev–Trinajstić information content (AvgIpc) is 3.57. The first-order valence-corrected chi connectivity index (χ1v) is 13.9. The Labute approximate surface area is 251 Å². The van der Waals surface area contributed by atoms with E-state index in [0.717, 1.165) is 6.07 Å². The topological polar surface area (TPSA) is 119 Å². The maximum absolute atomic E-state index is 15.8. The Balaban J connectivity index is 1.64. The zero-order valence-electron chi connectivity index (χ0n) is 22.9. The zero-order valence-corrected chi connectivity index (χ0v) is 24.4. The summed E-state index contributed by atoms with van der Waals surface area (Å²) in [5, 5.41) is 30.9. The number of aromatic amines is 1. The third-order valence-electron chi connectivity index (χ3n) is 7.49. The van der Waals surface area contributed by atoms with E-state index in [9.17, 15) is 10.1 Å². The van der Waals surface area contributed by atoms with Crippen molar-refractivity contribution in [2.24, 2.45) is 5.41 Å². The number of nitrogens with one attached hydrogen (secondary N) is 3. The molecule has 1 saturated heterocycles. The first-order valence-electron chi connectivity index (χ1n) is 13.2. The van der Waals surface area contributed by atoms with Gasteiger partial charge in [-0.15, -0.1) is 10.2 Å². The van der Waals surface area contributed by atoms with Gasteiger partial charge in [-0.25, -0.2) is 8.78 Å². The van der Waals surface area contributed by atoms with Crippen molar-refractivity contribution in [1.82, 2.24) is 25.9 Å². The predicted octanol–water partition coefficient (Wildman–Crippen LogP) is 6.41. The van der Waals surface area contributed by atoms with Gasteiger partial charge in [0.2, 0.25) is 11.7 Å². The van der Waals surface area contributed by atoms with E-state index in [0.29, 0.717) is 23.5 Å². The molecule has 4 aromatic rings. The third kappa shape index (κ3) is 5.48. The molecule has 4 atom stereocenters. The number of hydrogen-bond donors (Lipinski definition) is 3. The van der Waals surface area contributed by atoms with E-state index in [1.165, 1.54) is 24.3 Å². The average molecular weight is 610 g/mol. The maximum atomic E-state index is 15.8. The number of rotatable bonds is 6. The largest absolute Gasteiger partial charge is 0.325 e. The number of carbonyl (C=O) groups excluding carboxylic acids is 1. The number of halogens is 4. The number of amides is 1. The molecule has 3 aromatic carbocycles. The second-order valence-corrected chi connectivity index (χ2v) is 12.3. The lowest BCUT2D eigenvalue weighted by atomic mass is 9.62. The summed E-state index contributed by atoms with van der Waals surface area (Å²) < 4.78 is 31.5. The van der Waals surface area contributed by atoms with E-state index in [1.807, 2.05) is 20.8 Å². The number of tetrazole rings is 1. The summed E-state index contributed by atoms with van der Waals surface area (Å²) in [6.45, 7) is 5.92. The number of H-pyrrole nitrogens is 1. The van der Waals surface area contributed by atoms with Crippen LogP contribution in [0.25, 0.3) is 11.4 Å². The van der Waals surface area contributed by atoms with Crippen molar-refractivity contribution < 1.29 is 13.6 Å². The van der Waals surface area contributed by atoms with Gasteiger partial charge < -0.3 is 10.6 Å². The molecule has 1 aliphatic heterocycles. The summed E-state index contributed by atoms with van der Waals surface area (Å²) in [6.07, 6.45) is 0.366. The van der Waals surface area contributed by atoms with Gasteiger partial charge in [-0.05, 0) is 65.1 Å². The lowest BCUT2D eigenvalue weighted by molar-refractivity contribution is -0.118. The van der Waals surface area contributed by atoms with Crippen molar-refractivity contribution in [1.29, 1.82) is 5.26 Å². The maximum Gasteiger partial charge on any atom is 0.242 e. The fourth-order valence-corrected chi connectivity index (χ4v) is 6.10. The molecule has 4 unspecified atom stereocenters. The molecule has 0 saturated carbocycles. The van der Waals surface area contributed by atoms with E-state index < -0.39 is 41.0 Å². The van der Waals surface area contributed by atoms with Crippen LogP contribution in [0.4, 0.5) is 14.5 Å². The molecular weight excluding hydrogens is 583 g/mol. The molecule has 1 amide bonds. The molecule has 0 bridgehead atoms. The Kier molecular flexibility index (Phi) is 8.03. The zero-order chi connectivity index (χ0) is 30.2. The van der Waals surface area contributed by atoms with Crippen LogP contribution in [0.5, 0.6) is 0 Å². The van der Waals surface area contributed by atoms with Gasteiger partial charge >= 0.3 is 0 Å². The van der Waals surface area contributed by atoms with E-state index in [-0.39, 0.29) is 26.6 Å². The summed E-state index contributed by atoms with van der Waals surface area (Å²) >= 11 is 12.3. The Morgan fingerprint density at radius 1 is 1.12 bits per heavy atom. The monoisotopic (exact) mass is 609 g/mol. The number of hydrogen-bond acceptors (Lipinski definition) is 6. The van der Waals surface area contributed by atoms with Crippen LogP contribution in [0, 0.1) is 28.4 Å². The minimum Gasteiger partial charge on any atom is -0.325 e. The van der Waals surface area contributed by atoms with Gasteiger partial charge in [0.15, 0.2) is 0 Å². The van der Waals surface area contributed by atoms with E-state index in [2.05, 4.69) is 37.3 Å². The molecule has 8 nitrogen and oxygen atoms in total. The van der Waals surface area contributed by atoms with E-state index in [4.69, 9.17) is 23.2 Å². The van der Waals surface area contributed by atoms with Crippen molar-refractivity contribution in [3.05, 3.63) is 93.5 Å². The third-order valence-corrected chi connectivity index (χ3v) is 8.01. The van der Waals surface area contributed by atoms with Crippen molar-refractivity contribution in [2.45, 2.75) is 50.6 Å². The molecule has 0 aliphatic carbocycles. The van der Waals surface area contributed by atoms with Crippen molar-refractivity contribution in [3.8, 4) is 17.5 Å². The summed E-state index contributed by atoms with van der Waals surface area (Å²) in [7, 11) is 0. The number of benzene rings is 3. The molecular formula is C30H27Cl2F2N7O. The van der Waals surface area contributed by atoms with Gasteiger partial charge in [0, 0.05) is 33.8 Å². The summed E-state index contributed by atoms with van der Waals surface area (Å²) in [5.41, 5.74) is -0.908. The molecule has 12 heteroatoms. The van der Waals surface area contributed by atoms with Crippen LogP contribution in [0.3, 0.4) is 0 Å². The Bertz CT molecular complexity index is 1650. The lowest BCUT2D eigenvalue weighted by Gasteiger charge is -2.37. The second kappa shape index (κ2) is 11.4. The highest BCUT2D eigenvalue weighted by molar-refractivity contribution is 6.31. The van der Waals surface area contributed by atoms with Crippen LogP contribution in [0.1, 0.15) is 44.2 Å². The van der Waals surface area contributed by atoms with Gasteiger partial charge in [0.25, 0.3) is 0 Å². The summed E-state index contributed by atoms with van der Waals surface area (Å²) in [5.74, 6) is -2.82. The highest BCUT2D eigenvalue weighted by Gasteiger charge is 2.61. The molecule has 2 heterocycles. The number of aromatic nitrogens is 4. The van der Waals surface area contributed by atoms with Gasteiger partial charge in [-0.1, -0.05) is 62.2 Å². The summed E-state index contributed by atoms with van der Waals surface area (Å²) in [4.78, 5) is 14.0. The first kappa shape index (κ1) is 29.6. The number of carbonyl (C=O) groups is 1. The van der Waals surface area contributed by atoms with Crippen molar-refractivity contribution >= 4 is 34.8 Å². The molecule has 0 radical (unpaired) electrons. The fourth-order valence-electron chi connectivity index (χ4n) is 5.76. The van der Waals surface area contributed by atoms with Crippen LogP contribution < -0.4 is 10.6 Å². The van der Waals surface area contributed by atoms with Crippen LogP contribution in [0.2, 0.25) is 10.0 Å². The van der Waals surface area contributed by atoms with Crippen molar-refractivity contribution in [3.63, 3.8) is 0 Å². The van der Waals surface area contributed by atoms with E-state index >= 15 is 8.78 Å². The molecule has 216 valence electrons. The van der Waals surface area contributed by atoms with E-state index in [1.54, 1.807) is 30.3 Å². The second-order valence-electron chi connectivity index (χ2n) is 11.5. The number of anilines is 1. The molecule has 1 aromatic heterocycles. The minimum atomic E-state index is -1.71. The van der Waals surface area contributed by atoms with Gasteiger partial charge in [-0.2, -0.15) is 10.5 Å². The fraction of sp³-hybridized carbons (Fsp3) is 0.300. The molecule has 3 N–H and O–H groups in total. The molecule has 42 heavy (non-hydrogen) atoms. The Morgan fingerprint density at radius 3 is 2.48 bits per heavy atom. The number of nitriles is 1. The lowest BCUT2D eigenvalue weighted by Crippen LogP contribution is -2.45. The van der Waals surface area contributed by atoms with Crippen LogP contribution >= 0.6 is 23.2 Å². The van der Waals surface area contributed by atoms with Crippen molar-refractivity contribution in [2.75, 3.05) is 5.32 Å². The normalized spacial score (nSPS) is 22.1. The smallest absolute Gasteiger partial charge is 0.242 e. The molecule has 0 spiro atoms. The summed E-state index contributed by atoms with van der Waals surface area (Å²) in [6, 6.07) is 15.6. The Morgan fingerprint density at radius 2 is 1.86 bits per heavy atom. The SMILES string of the molecule is CC(C)(C)CC1NC(C(=O)Nc2ccc(-c3nn[nH]n3)cc2)C(c2cccc(Cl)c2F)C1(C#N)c1ccc(Cl)cc1F. The number of nitrogens with zero attached hydrogens (tertiary/aromatic N) is 4.